The van der Waals surface area contributed by atoms with Crippen molar-refractivity contribution in [1.82, 2.24) is 9.78 Å². The van der Waals surface area contributed by atoms with Crippen LogP contribution in [0.5, 0.6) is 0 Å². The molecule has 20 heavy (non-hydrogen) atoms. The topological polar surface area (TPSA) is 47.1 Å². The highest BCUT2D eigenvalue weighted by molar-refractivity contribution is 5.66. The van der Waals surface area contributed by atoms with Gasteiger partial charge in [-0.1, -0.05) is 6.07 Å². The van der Waals surface area contributed by atoms with E-state index in [1.807, 2.05) is 6.07 Å². The van der Waals surface area contributed by atoms with Crippen molar-refractivity contribution in [2.45, 2.75) is 39.8 Å². The maximum atomic E-state index is 6.11. The second-order valence-electron chi connectivity index (χ2n) is 5.46. The predicted molar refractivity (Wildman–Crippen MR) is 82.9 cm³/mol. The number of hydrogen-bond donors (Lipinski definition) is 1. The summed E-state index contributed by atoms with van der Waals surface area (Å²) in [5.41, 5.74) is 12.0. The lowest BCUT2D eigenvalue weighted by Gasteiger charge is -2.32. The molecule has 0 bridgehead atoms. The van der Waals surface area contributed by atoms with Crippen molar-refractivity contribution in [3.05, 3.63) is 41.2 Å². The zero-order chi connectivity index (χ0) is 14.1. The Balaban J connectivity index is 1.91. The van der Waals surface area contributed by atoms with E-state index in [4.69, 9.17) is 5.73 Å². The third kappa shape index (κ3) is 2.26. The van der Waals surface area contributed by atoms with Gasteiger partial charge in [0.25, 0.3) is 0 Å². The first-order valence-electron chi connectivity index (χ1n) is 7.34. The van der Waals surface area contributed by atoms with Gasteiger partial charge in [0.05, 0.1) is 17.9 Å². The first-order chi connectivity index (χ1) is 9.69. The Labute approximate surface area is 120 Å². The van der Waals surface area contributed by atoms with Crippen LogP contribution in [0.1, 0.15) is 30.3 Å². The van der Waals surface area contributed by atoms with Gasteiger partial charge in [-0.25, -0.2) is 0 Å². The number of aromatic nitrogens is 2. The number of nitrogen functional groups attached to an aromatic ring is 1. The number of nitrogens with two attached hydrogens (primary N) is 1. The van der Waals surface area contributed by atoms with Crippen LogP contribution in [0.3, 0.4) is 0 Å². The molecule has 0 saturated heterocycles. The van der Waals surface area contributed by atoms with Crippen LogP contribution in [0.25, 0.3) is 0 Å². The van der Waals surface area contributed by atoms with Gasteiger partial charge >= 0.3 is 0 Å². The fourth-order valence-corrected chi connectivity index (χ4v) is 3.09. The van der Waals surface area contributed by atoms with Gasteiger partial charge < -0.3 is 10.6 Å². The van der Waals surface area contributed by atoms with Crippen molar-refractivity contribution in [2.75, 3.05) is 17.2 Å². The Bertz CT molecular complexity index is 615. The first kappa shape index (κ1) is 13.0. The van der Waals surface area contributed by atoms with Crippen molar-refractivity contribution >= 4 is 11.4 Å². The molecule has 4 nitrogen and oxygen atoms in total. The second-order valence-corrected chi connectivity index (χ2v) is 5.46. The van der Waals surface area contributed by atoms with Gasteiger partial charge in [-0.3, -0.25) is 4.68 Å². The normalized spacial score (nSPS) is 14.4. The van der Waals surface area contributed by atoms with Crippen LogP contribution in [-0.4, -0.2) is 16.3 Å². The Kier molecular flexibility index (Phi) is 3.38. The molecule has 0 radical (unpaired) electrons. The van der Waals surface area contributed by atoms with Crippen LogP contribution in [0, 0.1) is 6.92 Å². The number of anilines is 2. The van der Waals surface area contributed by atoms with E-state index in [0.717, 1.165) is 37.4 Å². The molecule has 2 aromatic rings. The highest BCUT2D eigenvalue weighted by Gasteiger charge is 2.19. The van der Waals surface area contributed by atoms with E-state index in [2.05, 4.69) is 46.7 Å². The van der Waals surface area contributed by atoms with E-state index in [9.17, 15) is 0 Å². The standard InChI is InChI=1S/C16H22N4/c1-3-20-13(10-12(2)18-20)11-19-9-5-6-14-15(17)7-4-8-16(14)19/h4,7-8,10H,3,5-6,9,11,17H2,1-2H3. The van der Waals surface area contributed by atoms with Gasteiger partial charge in [0, 0.05) is 24.5 Å². The fraction of sp³-hybridized carbons (Fsp3) is 0.438. The Morgan fingerprint density at radius 2 is 2.20 bits per heavy atom. The lowest BCUT2D eigenvalue weighted by Crippen LogP contribution is -2.30. The molecular formula is C16H22N4. The van der Waals surface area contributed by atoms with Gasteiger partial charge in [0.15, 0.2) is 0 Å². The molecular weight excluding hydrogens is 248 g/mol. The van der Waals surface area contributed by atoms with Crippen molar-refractivity contribution in [2.24, 2.45) is 0 Å². The summed E-state index contributed by atoms with van der Waals surface area (Å²) < 4.78 is 2.09. The van der Waals surface area contributed by atoms with E-state index < -0.39 is 0 Å². The van der Waals surface area contributed by atoms with Gasteiger partial charge in [-0.15, -0.1) is 0 Å². The van der Waals surface area contributed by atoms with E-state index in [0.29, 0.717) is 0 Å². The number of hydrogen-bond acceptors (Lipinski definition) is 3. The zero-order valence-electron chi connectivity index (χ0n) is 12.3. The minimum atomic E-state index is 0.908. The molecule has 4 heteroatoms. The number of nitrogens with zero attached hydrogens (tertiary/aromatic N) is 3. The molecule has 0 amide bonds. The summed E-state index contributed by atoms with van der Waals surface area (Å²) in [6, 6.07) is 8.42. The molecule has 0 saturated carbocycles. The average molecular weight is 270 g/mol. The molecule has 0 spiro atoms. The van der Waals surface area contributed by atoms with E-state index in [1.54, 1.807) is 0 Å². The number of fused-ring (bicyclic) bond motifs is 1. The Hall–Kier alpha value is -1.97. The summed E-state index contributed by atoms with van der Waals surface area (Å²) in [6.07, 6.45) is 2.25. The SMILES string of the molecule is CCn1nc(C)cc1CN1CCCc2c(N)cccc21. The number of rotatable bonds is 3. The smallest absolute Gasteiger partial charge is 0.0599 e. The van der Waals surface area contributed by atoms with Crippen LogP contribution < -0.4 is 10.6 Å². The van der Waals surface area contributed by atoms with E-state index >= 15 is 0 Å². The summed E-state index contributed by atoms with van der Waals surface area (Å²) >= 11 is 0. The quantitative estimate of drug-likeness (QED) is 0.872. The number of benzene rings is 1. The lowest BCUT2D eigenvalue weighted by atomic mass is 10.00. The molecule has 0 aliphatic carbocycles. The van der Waals surface area contributed by atoms with Gasteiger partial charge in [0.2, 0.25) is 0 Å². The molecule has 3 rings (SSSR count). The fourth-order valence-electron chi connectivity index (χ4n) is 3.09. The predicted octanol–water partition coefficient (Wildman–Crippen LogP) is 2.75. The highest BCUT2D eigenvalue weighted by Crippen LogP contribution is 2.32. The molecule has 0 unspecified atom stereocenters. The maximum Gasteiger partial charge on any atom is 0.0599 e. The van der Waals surface area contributed by atoms with Crippen molar-refractivity contribution in [1.29, 1.82) is 0 Å². The van der Waals surface area contributed by atoms with Crippen LogP contribution in [0.4, 0.5) is 11.4 Å². The van der Waals surface area contributed by atoms with Crippen molar-refractivity contribution in [3.8, 4) is 0 Å². The lowest BCUT2D eigenvalue weighted by molar-refractivity contribution is 0.595. The van der Waals surface area contributed by atoms with Crippen LogP contribution in [0.15, 0.2) is 24.3 Å². The Morgan fingerprint density at radius 3 is 3.00 bits per heavy atom. The number of aryl methyl sites for hydroxylation is 2. The van der Waals surface area contributed by atoms with Gasteiger partial charge in [-0.05, 0) is 50.5 Å². The molecule has 1 aromatic carbocycles. The van der Waals surface area contributed by atoms with Crippen molar-refractivity contribution in [3.63, 3.8) is 0 Å². The molecule has 1 aliphatic rings. The van der Waals surface area contributed by atoms with Gasteiger partial charge in [0.1, 0.15) is 0 Å². The van der Waals surface area contributed by atoms with Crippen LogP contribution >= 0.6 is 0 Å². The Morgan fingerprint density at radius 1 is 1.35 bits per heavy atom. The van der Waals surface area contributed by atoms with E-state index in [1.165, 1.54) is 23.4 Å². The van der Waals surface area contributed by atoms with E-state index in [-0.39, 0.29) is 0 Å². The van der Waals surface area contributed by atoms with Crippen LogP contribution in [-0.2, 0) is 19.5 Å². The first-order valence-corrected chi connectivity index (χ1v) is 7.34. The monoisotopic (exact) mass is 270 g/mol. The highest BCUT2D eigenvalue weighted by atomic mass is 15.3. The molecule has 0 atom stereocenters. The maximum absolute atomic E-state index is 6.11. The summed E-state index contributed by atoms with van der Waals surface area (Å²) in [5.74, 6) is 0. The minimum absolute atomic E-state index is 0.908. The summed E-state index contributed by atoms with van der Waals surface area (Å²) in [6.45, 7) is 7.10. The third-order valence-electron chi connectivity index (χ3n) is 4.02. The molecule has 2 N–H and O–H groups in total. The summed E-state index contributed by atoms with van der Waals surface area (Å²) in [4.78, 5) is 2.43. The molecule has 0 fully saturated rings. The molecule has 2 heterocycles. The van der Waals surface area contributed by atoms with Crippen molar-refractivity contribution < 1.29 is 0 Å². The van der Waals surface area contributed by atoms with Crippen LogP contribution in [0.2, 0.25) is 0 Å². The third-order valence-corrected chi connectivity index (χ3v) is 4.02. The molecule has 1 aliphatic heterocycles. The minimum Gasteiger partial charge on any atom is -0.398 e. The molecule has 106 valence electrons. The molecule has 1 aromatic heterocycles. The summed E-state index contributed by atoms with van der Waals surface area (Å²) in [5, 5.41) is 4.53. The average Bonchev–Trinajstić information content (AvgIpc) is 2.80. The zero-order valence-corrected chi connectivity index (χ0v) is 12.3. The second kappa shape index (κ2) is 5.19. The summed E-state index contributed by atoms with van der Waals surface area (Å²) in [7, 11) is 0. The largest absolute Gasteiger partial charge is 0.398 e. The van der Waals surface area contributed by atoms with Gasteiger partial charge in [-0.2, -0.15) is 5.10 Å².